The highest BCUT2D eigenvalue weighted by Crippen LogP contribution is 2.41. The molecule has 0 aromatic carbocycles. The van der Waals surface area contributed by atoms with Crippen molar-refractivity contribution in [1.82, 2.24) is 14.9 Å². The molecule has 2 aromatic heterocycles. The van der Waals surface area contributed by atoms with Crippen molar-refractivity contribution >= 4 is 45.9 Å². The van der Waals surface area contributed by atoms with Gasteiger partial charge in [0.05, 0.1) is 11.8 Å². The van der Waals surface area contributed by atoms with E-state index in [0.717, 1.165) is 0 Å². The van der Waals surface area contributed by atoms with Crippen molar-refractivity contribution in [2.75, 3.05) is 54.5 Å². The van der Waals surface area contributed by atoms with Crippen molar-refractivity contribution in [1.29, 1.82) is 5.26 Å². The number of amides is 2. The fraction of sp³-hybridized carbons (Fsp3) is 0.389. The predicted molar refractivity (Wildman–Crippen MR) is 105 cm³/mol. The molecule has 10 nitrogen and oxygen atoms in total. The summed E-state index contributed by atoms with van der Waals surface area (Å²) in [5.74, 6) is 1.11. The lowest BCUT2D eigenvalue weighted by Crippen LogP contribution is -2.48. The molecule has 1 saturated heterocycles. The van der Waals surface area contributed by atoms with Gasteiger partial charge in [0, 0.05) is 51.1 Å². The van der Waals surface area contributed by atoms with E-state index >= 15 is 0 Å². The van der Waals surface area contributed by atoms with Gasteiger partial charge in [0.2, 0.25) is 11.8 Å². The first-order chi connectivity index (χ1) is 13.3. The number of hydrogen-bond acceptors (Lipinski definition) is 8. The van der Waals surface area contributed by atoms with E-state index in [1.54, 1.807) is 11.9 Å². The Morgan fingerprint density at radius 2 is 1.68 bits per heavy atom. The number of carbonyl (C=O) groups is 2. The van der Waals surface area contributed by atoms with Crippen LogP contribution in [0.25, 0.3) is 10.8 Å². The molecule has 144 valence electrons. The van der Waals surface area contributed by atoms with E-state index in [2.05, 4.69) is 16.0 Å². The zero-order valence-corrected chi connectivity index (χ0v) is 15.7. The number of aromatic nitrogens is 2. The first-order valence-corrected chi connectivity index (χ1v) is 8.92. The number of carbonyl (C=O) groups excluding carboxylic acids is 2. The van der Waals surface area contributed by atoms with Gasteiger partial charge in [-0.3, -0.25) is 14.5 Å². The number of nitrogen functional groups attached to an aromatic ring is 2. The number of nitriles is 1. The van der Waals surface area contributed by atoms with Gasteiger partial charge in [0.15, 0.2) is 0 Å². The van der Waals surface area contributed by atoms with Crippen molar-refractivity contribution in [3.63, 3.8) is 0 Å². The number of anilines is 4. The van der Waals surface area contributed by atoms with E-state index in [1.807, 2.05) is 4.90 Å². The maximum atomic E-state index is 12.2. The van der Waals surface area contributed by atoms with Gasteiger partial charge in [0.1, 0.15) is 34.9 Å². The van der Waals surface area contributed by atoms with Crippen molar-refractivity contribution in [2.45, 2.75) is 13.3 Å². The molecule has 4 N–H and O–H groups in total. The van der Waals surface area contributed by atoms with Crippen LogP contribution in [-0.4, -0.2) is 59.9 Å². The summed E-state index contributed by atoms with van der Waals surface area (Å²) < 4.78 is 0. The van der Waals surface area contributed by atoms with E-state index in [0.29, 0.717) is 59.7 Å². The Labute approximate surface area is 161 Å². The minimum Gasteiger partial charge on any atom is -0.383 e. The van der Waals surface area contributed by atoms with E-state index in [-0.39, 0.29) is 29.9 Å². The van der Waals surface area contributed by atoms with Gasteiger partial charge < -0.3 is 21.3 Å². The van der Waals surface area contributed by atoms with Gasteiger partial charge in [-0.2, -0.15) is 5.26 Å². The van der Waals surface area contributed by atoms with Gasteiger partial charge in [-0.1, -0.05) is 0 Å². The van der Waals surface area contributed by atoms with Crippen molar-refractivity contribution in [3.05, 3.63) is 11.1 Å². The van der Waals surface area contributed by atoms with E-state index in [9.17, 15) is 14.9 Å². The first kappa shape index (κ1) is 17.8. The molecule has 4 heterocycles. The first-order valence-electron chi connectivity index (χ1n) is 8.92. The lowest BCUT2D eigenvalue weighted by Gasteiger charge is -2.35. The second-order valence-corrected chi connectivity index (χ2v) is 6.98. The van der Waals surface area contributed by atoms with Crippen LogP contribution in [0.1, 0.15) is 18.1 Å². The van der Waals surface area contributed by atoms with Gasteiger partial charge in [-0.05, 0) is 0 Å². The number of piperazine rings is 1. The summed E-state index contributed by atoms with van der Waals surface area (Å²) >= 11 is 0. The Morgan fingerprint density at radius 1 is 1.07 bits per heavy atom. The minimum atomic E-state index is -0.120. The van der Waals surface area contributed by atoms with Crippen LogP contribution in [0.3, 0.4) is 0 Å². The molecule has 0 saturated carbocycles. The molecule has 4 rings (SSSR count). The number of rotatable bonds is 1. The van der Waals surface area contributed by atoms with Gasteiger partial charge >= 0.3 is 0 Å². The van der Waals surface area contributed by atoms with Crippen LogP contribution in [0.4, 0.5) is 23.3 Å². The number of likely N-dealkylation sites (N-methyl/N-ethyl adjacent to an activating group) is 1. The number of nitrogens with two attached hydrogens (primary N) is 2. The SMILES string of the molecule is CC(=O)N1CCN(c2nc(N)c3c(N)nc4c(c3c2C#N)CC(=O)N4C)CC1. The number of fused-ring (bicyclic) bond motifs is 3. The van der Waals surface area contributed by atoms with Gasteiger partial charge in [-0.15, -0.1) is 0 Å². The molecule has 0 spiro atoms. The molecule has 0 bridgehead atoms. The quantitative estimate of drug-likeness (QED) is 0.695. The van der Waals surface area contributed by atoms with Crippen LogP contribution in [0.2, 0.25) is 0 Å². The predicted octanol–water partition coefficient (Wildman–Crippen LogP) is -0.147. The maximum absolute atomic E-state index is 12.2. The Bertz CT molecular complexity index is 1070. The average molecular weight is 380 g/mol. The molecule has 0 unspecified atom stereocenters. The highest BCUT2D eigenvalue weighted by atomic mass is 16.2. The molecule has 10 heteroatoms. The molecule has 2 aromatic rings. The Morgan fingerprint density at radius 3 is 2.25 bits per heavy atom. The molecular weight excluding hydrogens is 360 g/mol. The molecule has 2 amide bonds. The number of hydrogen-bond donors (Lipinski definition) is 2. The fourth-order valence-corrected chi connectivity index (χ4v) is 3.90. The Kier molecular flexibility index (Phi) is 3.96. The Hall–Kier alpha value is -3.61. The molecule has 0 atom stereocenters. The van der Waals surface area contributed by atoms with E-state index < -0.39 is 0 Å². The zero-order chi connectivity index (χ0) is 20.2. The van der Waals surface area contributed by atoms with Crippen LogP contribution in [0, 0.1) is 11.3 Å². The zero-order valence-electron chi connectivity index (χ0n) is 15.7. The van der Waals surface area contributed by atoms with Crippen molar-refractivity contribution < 1.29 is 9.59 Å². The summed E-state index contributed by atoms with van der Waals surface area (Å²) in [6.45, 7) is 3.69. The lowest BCUT2D eigenvalue weighted by atomic mass is 10.00. The molecule has 0 aliphatic carbocycles. The molecule has 2 aliphatic rings. The minimum absolute atomic E-state index is 0.0179. The third kappa shape index (κ3) is 2.47. The molecule has 0 radical (unpaired) electrons. The fourth-order valence-electron chi connectivity index (χ4n) is 3.90. The standard InChI is InChI=1S/C18H20N8O2/c1-9(27)25-3-5-26(6-4-25)18-11(8-19)13-10-7-12(28)24(2)17(10)22-15(20)14(13)16(21)23-18/h3-7H2,1-2H3,(H2,20,22)(H2,21,23). The highest BCUT2D eigenvalue weighted by Gasteiger charge is 2.33. The van der Waals surface area contributed by atoms with Crippen molar-refractivity contribution in [2.24, 2.45) is 0 Å². The molecule has 2 aliphatic heterocycles. The summed E-state index contributed by atoms with van der Waals surface area (Å²) in [7, 11) is 1.63. The number of nitrogens with zero attached hydrogens (tertiary/aromatic N) is 6. The topological polar surface area (TPSA) is 145 Å². The summed E-state index contributed by atoms with van der Waals surface area (Å²) in [4.78, 5) is 37.7. The Balaban J connectivity index is 1.91. The molecule has 28 heavy (non-hydrogen) atoms. The monoisotopic (exact) mass is 380 g/mol. The van der Waals surface area contributed by atoms with E-state index in [4.69, 9.17) is 11.5 Å². The molecular formula is C18H20N8O2. The van der Waals surface area contributed by atoms with Crippen LogP contribution >= 0.6 is 0 Å². The lowest BCUT2D eigenvalue weighted by molar-refractivity contribution is -0.129. The van der Waals surface area contributed by atoms with Crippen LogP contribution in [-0.2, 0) is 16.0 Å². The van der Waals surface area contributed by atoms with Crippen LogP contribution in [0.5, 0.6) is 0 Å². The smallest absolute Gasteiger partial charge is 0.232 e. The highest BCUT2D eigenvalue weighted by molar-refractivity contribution is 6.13. The summed E-state index contributed by atoms with van der Waals surface area (Å²) in [6.07, 6.45) is 0.130. The molecule has 1 fully saturated rings. The summed E-state index contributed by atoms with van der Waals surface area (Å²) in [5.41, 5.74) is 13.3. The largest absolute Gasteiger partial charge is 0.383 e. The average Bonchev–Trinajstić information content (AvgIpc) is 2.96. The number of pyridine rings is 2. The van der Waals surface area contributed by atoms with Crippen molar-refractivity contribution in [3.8, 4) is 6.07 Å². The maximum Gasteiger partial charge on any atom is 0.232 e. The second-order valence-electron chi connectivity index (χ2n) is 6.98. The second kappa shape index (κ2) is 6.23. The van der Waals surface area contributed by atoms with E-state index in [1.165, 1.54) is 11.8 Å². The summed E-state index contributed by atoms with van der Waals surface area (Å²) in [5, 5.41) is 10.9. The third-order valence-electron chi connectivity index (χ3n) is 5.42. The van der Waals surface area contributed by atoms with Gasteiger partial charge in [0.25, 0.3) is 0 Å². The van der Waals surface area contributed by atoms with Crippen LogP contribution in [0.15, 0.2) is 0 Å². The summed E-state index contributed by atoms with van der Waals surface area (Å²) in [6, 6.07) is 2.23. The third-order valence-corrected chi connectivity index (χ3v) is 5.42. The normalized spacial score (nSPS) is 16.5. The van der Waals surface area contributed by atoms with Crippen LogP contribution < -0.4 is 21.3 Å². The van der Waals surface area contributed by atoms with Gasteiger partial charge in [-0.25, -0.2) is 9.97 Å².